The summed E-state index contributed by atoms with van der Waals surface area (Å²) in [5, 5.41) is 16.6. The molecule has 3 N–H and O–H groups in total. The number of ether oxygens (including phenoxy) is 2. The van der Waals surface area contributed by atoms with Gasteiger partial charge in [0.05, 0.1) is 5.92 Å². The Labute approximate surface area is 147 Å². The summed E-state index contributed by atoms with van der Waals surface area (Å²) in [5.74, 6) is 0.659. The van der Waals surface area contributed by atoms with Gasteiger partial charge >= 0.3 is 0 Å². The van der Waals surface area contributed by atoms with E-state index >= 15 is 0 Å². The summed E-state index contributed by atoms with van der Waals surface area (Å²) < 4.78 is 12.1. The highest BCUT2D eigenvalue weighted by atomic mass is 79.9. The Kier molecular flexibility index (Phi) is 4.32. The van der Waals surface area contributed by atoms with Crippen LogP contribution < -0.4 is 15.2 Å². The van der Waals surface area contributed by atoms with Gasteiger partial charge in [0.2, 0.25) is 11.8 Å². The van der Waals surface area contributed by atoms with Crippen molar-refractivity contribution in [3.8, 4) is 17.7 Å². The van der Waals surface area contributed by atoms with E-state index in [1.807, 2.05) is 25.1 Å². The molecule has 7 heteroatoms. The minimum atomic E-state index is -0.421. The second-order valence-corrected chi connectivity index (χ2v) is 6.19. The Balaban J connectivity index is 2.23. The number of benzene rings is 1. The SMILES string of the molecule is C=CCOc1ccc(Br)cc1C1C(C#N)=C(N)Oc2n[nH]c(C)c21. The van der Waals surface area contributed by atoms with E-state index in [2.05, 4.69) is 38.8 Å². The monoisotopic (exact) mass is 386 g/mol. The van der Waals surface area contributed by atoms with Crippen molar-refractivity contribution in [2.45, 2.75) is 12.8 Å². The molecule has 1 atom stereocenters. The molecule has 2 heterocycles. The predicted octanol–water partition coefficient (Wildman–Crippen LogP) is 3.26. The summed E-state index contributed by atoms with van der Waals surface area (Å²) in [7, 11) is 0. The largest absolute Gasteiger partial charge is 0.489 e. The Morgan fingerprint density at radius 1 is 1.58 bits per heavy atom. The number of hydrogen-bond donors (Lipinski definition) is 2. The van der Waals surface area contributed by atoms with Crippen molar-refractivity contribution in [3.05, 3.63) is 63.6 Å². The van der Waals surface area contributed by atoms with Crippen LogP contribution in [-0.2, 0) is 0 Å². The van der Waals surface area contributed by atoms with E-state index in [1.54, 1.807) is 6.08 Å². The van der Waals surface area contributed by atoms with E-state index in [4.69, 9.17) is 15.2 Å². The highest BCUT2D eigenvalue weighted by Gasteiger charge is 2.35. The van der Waals surface area contributed by atoms with Gasteiger partial charge < -0.3 is 15.2 Å². The van der Waals surface area contributed by atoms with Crippen molar-refractivity contribution in [2.24, 2.45) is 5.73 Å². The molecule has 0 spiro atoms. The molecule has 6 nitrogen and oxygen atoms in total. The molecule has 1 aliphatic rings. The number of nitrogens with two attached hydrogens (primary N) is 1. The fraction of sp³-hybridized carbons (Fsp3) is 0.176. The van der Waals surface area contributed by atoms with E-state index in [-0.39, 0.29) is 5.88 Å². The van der Waals surface area contributed by atoms with Crippen LogP contribution in [0.5, 0.6) is 11.6 Å². The number of halogens is 1. The molecule has 3 rings (SSSR count). The van der Waals surface area contributed by atoms with Crippen molar-refractivity contribution < 1.29 is 9.47 Å². The maximum Gasteiger partial charge on any atom is 0.244 e. The molecule has 2 aromatic rings. The molecule has 122 valence electrons. The normalized spacial score (nSPS) is 16.1. The van der Waals surface area contributed by atoms with Gasteiger partial charge in [0.15, 0.2) is 0 Å². The van der Waals surface area contributed by atoms with Gasteiger partial charge in [-0.05, 0) is 25.1 Å². The number of rotatable bonds is 4. The second kappa shape index (κ2) is 6.42. The Bertz CT molecular complexity index is 879. The minimum absolute atomic E-state index is 0.0520. The third kappa shape index (κ3) is 2.65. The zero-order valence-corrected chi connectivity index (χ0v) is 14.6. The van der Waals surface area contributed by atoms with Crippen LogP contribution in [0, 0.1) is 18.3 Å². The lowest BCUT2D eigenvalue weighted by Crippen LogP contribution is -2.21. The zero-order valence-electron chi connectivity index (χ0n) is 13.0. The summed E-state index contributed by atoms with van der Waals surface area (Å²) in [6.07, 6.45) is 1.67. The lowest BCUT2D eigenvalue weighted by Gasteiger charge is -2.25. The number of H-pyrrole nitrogens is 1. The number of nitrogens with zero attached hydrogens (tertiary/aromatic N) is 2. The maximum atomic E-state index is 9.62. The molecule has 1 aliphatic heterocycles. The number of hydrogen-bond acceptors (Lipinski definition) is 5. The molecule has 0 saturated heterocycles. The number of allylic oxidation sites excluding steroid dienone is 1. The first-order chi connectivity index (χ1) is 11.6. The lowest BCUT2D eigenvalue weighted by atomic mass is 9.83. The molecule has 1 unspecified atom stereocenters. The van der Waals surface area contributed by atoms with Gasteiger partial charge in [0, 0.05) is 21.3 Å². The van der Waals surface area contributed by atoms with Crippen LogP contribution >= 0.6 is 15.9 Å². The molecule has 0 bridgehead atoms. The molecule has 0 amide bonds. The Hall–Kier alpha value is -2.72. The first kappa shape index (κ1) is 16.1. The molecule has 0 radical (unpaired) electrons. The van der Waals surface area contributed by atoms with E-state index in [1.165, 1.54) is 0 Å². The van der Waals surface area contributed by atoms with E-state index < -0.39 is 5.92 Å². The van der Waals surface area contributed by atoms with Crippen molar-refractivity contribution in [2.75, 3.05) is 6.61 Å². The van der Waals surface area contributed by atoms with E-state index in [0.717, 1.165) is 21.3 Å². The maximum absolute atomic E-state index is 9.62. The van der Waals surface area contributed by atoms with Crippen LogP contribution in [0.25, 0.3) is 0 Å². The van der Waals surface area contributed by atoms with Crippen LogP contribution in [0.2, 0.25) is 0 Å². The molecule has 0 fully saturated rings. The minimum Gasteiger partial charge on any atom is -0.489 e. The molecule has 1 aromatic carbocycles. The number of aromatic amines is 1. The highest BCUT2D eigenvalue weighted by Crippen LogP contribution is 2.45. The third-order valence-electron chi connectivity index (χ3n) is 3.77. The van der Waals surface area contributed by atoms with Gasteiger partial charge in [0.25, 0.3) is 0 Å². The van der Waals surface area contributed by atoms with Crippen LogP contribution in [0.3, 0.4) is 0 Å². The molecule has 0 saturated carbocycles. The number of fused-ring (bicyclic) bond motifs is 1. The average molecular weight is 387 g/mol. The number of aromatic nitrogens is 2. The zero-order chi connectivity index (χ0) is 17.3. The molecular formula is C17H15BrN4O2. The Morgan fingerprint density at radius 2 is 2.38 bits per heavy atom. The molecule has 0 aliphatic carbocycles. The topological polar surface area (TPSA) is 96.9 Å². The van der Waals surface area contributed by atoms with Crippen LogP contribution in [0.15, 0.2) is 46.8 Å². The summed E-state index contributed by atoms with van der Waals surface area (Å²) in [5.41, 5.74) is 8.66. The Morgan fingerprint density at radius 3 is 3.08 bits per heavy atom. The van der Waals surface area contributed by atoms with Crippen molar-refractivity contribution in [1.29, 1.82) is 5.26 Å². The van der Waals surface area contributed by atoms with Gasteiger partial charge in [-0.3, -0.25) is 5.10 Å². The molecule has 1 aromatic heterocycles. The van der Waals surface area contributed by atoms with Crippen LogP contribution in [0.4, 0.5) is 0 Å². The number of nitriles is 1. The van der Waals surface area contributed by atoms with Crippen molar-refractivity contribution >= 4 is 15.9 Å². The average Bonchev–Trinajstić information content (AvgIpc) is 2.93. The van der Waals surface area contributed by atoms with Gasteiger partial charge in [-0.15, -0.1) is 5.10 Å². The van der Waals surface area contributed by atoms with Gasteiger partial charge in [0.1, 0.15) is 24.0 Å². The second-order valence-electron chi connectivity index (χ2n) is 5.27. The van der Waals surface area contributed by atoms with Crippen LogP contribution in [-0.4, -0.2) is 16.8 Å². The number of nitrogens with one attached hydrogen (secondary N) is 1. The first-order valence-corrected chi connectivity index (χ1v) is 8.01. The summed E-state index contributed by atoms with van der Waals surface area (Å²) in [6, 6.07) is 7.80. The van der Waals surface area contributed by atoms with Gasteiger partial charge in [-0.1, -0.05) is 28.6 Å². The first-order valence-electron chi connectivity index (χ1n) is 7.22. The van der Waals surface area contributed by atoms with E-state index in [0.29, 0.717) is 23.8 Å². The van der Waals surface area contributed by atoms with Crippen LogP contribution in [0.1, 0.15) is 22.7 Å². The van der Waals surface area contributed by atoms with E-state index in [9.17, 15) is 5.26 Å². The fourth-order valence-corrected chi connectivity index (χ4v) is 3.11. The molecular weight excluding hydrogens is 372 g/mol. The highest BCUT2D eigenvalue weighted by molar-refractivity contribution is 9.10. The van der Waals surface area contributed by atoms with Gasteiger partial charge in [-0.2, -0.15) is 5.26 Å². The summed E-state index contributed by atoms with van der Waals surface area (Å²) >= 11 is 3.48. The van der Waals surface area contributed by atoms with Crippen molar-refractivity contribution in [3.63, 3.8) is 0 Å². The molecule has 24 heavy (non-hydrogen) atoms. The third-order valence-corrected chi connectivity index (χ3v) is 4.26. The lowest BCUT2D eigenvalue weighted by molar-refractivity contribution is 0.354. The smallest absolute Gasteiger partial charge is 0.244 e. The summed E-state index contributed by atoms with van der Waals surface area (Å²) in [6.45, 7) is 5.90. The summed E-state index contributed by atoms with van der Waals surface area (Å²) in [4.78, 5) is 0. The van der Waals surface area contributed by atoms with Gasteiger partial charge in [-0.25, -0.2) is 0 Å². The quantitative estimate of drug-likeness (QED) is 0.785. The number of aryl methyl sites for hydroxylation is 1. The standard InChI is InChI=1S/C17H15BrN4O2/c1-3-6-23-13-5-4-10(18)7-11(13)15-12(8-19)16(20)24-17-14(15)9(2)21-22-17/h3-5,7,15H,1,6,20H2,2H3,(H,21,22). The predicted molar refractivity (Wildman–Crippen MR) is 92.5 cm³/mol. The fourth-order valence-electron chi connectivity index (χ4n) is 2.73. The van der Waals surface area contributed by atoms with Crippen molar-refractivity contribution in [1.82, 2.24) is 10.2 Å².